The van der Waals surface area contributed by atoms with Gasteiger partial charge in [0, 0.05) is 12.6 Å². The van der Waals surface area contributed by atoms with Crippen molar-refractivity contribution in [1.29, 1.82) is 0 Å². The van der Waals surface area contributed by atoms with Crippen LogP contribution in [0.1, 0.15) is 44.9 Å². The summed E-state index contributed by atoms with van der Waals surface area (Å²) >= 11 is 0. The van der Waals surface area contributed by atoms with E-state index in [4.69, 9.17) is 5.73 Å². The second-order valence-corrected chi connectivity index (χ2v) is 9.10. The van der Waals surface area contributed by atoms with Crippen LogP contribution >= 0.6 is 0 Å². The average Bonchev–Trinajstić information content (AvgIpc) is 3.45. The molecule has 8 heteroatoms. The van der Waals surface area contributed by atoms with Crippen molar-refractivity contribution in [1.82, 2.24) is 10.0 Å². The standard InChI is InChI=1S/C18H26FN3O3S/c19-14-5-4-6-15(11-14)26(24,25)22-18(9-2-1-3-10-18)17(23)21-12-16(20)13-7-8-13/h4-6,11,13,16,22H,1-3,7-10,12,20H2,(H,21,23). The molecule has 2 aliphatic carbocycles. The van der Waals surface area contributed by atoms with Gasteiger partial charge in [0.15, 0.2) is 0 Å². The molecule has 0 aliphatic heterocycles. The molecule has 4 N–H and O–H groups in total. The zero-order valence-electron chi connectivity index (χ0n) is 14.7. The predicted octanol–water partition coefficient (Wildman–Crippen LogP) is 1.66. The lowest BCUT2D eigenvalue weighted by Crippen LogP contribution is -2.60. The van der Waals surface area contributed by atoms with Crippen LogP contribution in [0.4, 0.5) is 4.39 Å². The molecule has 1 amide bonds. The van der Waals surface area contributed by atoms with E-state index in [-0.39, 0.29) is 16.8 Å². The summed E-state index contributed by atoms with van der Waals surface area (Å²) in [5, 5.41) is 2.83. The van der Waals surface area contributed by atoms with Gasteiger partial charge in [0.1, 0.15) is 11.4 Å². The van der Waals surface area contributed by atoms with Gasteiger partial charge in [-0.25, -0.2) is 12.8 Å². The summed E-state index contributed by atoms with van der Waals surface area (Å²) in [7, 11) is -4.01. The first-order valence-electron chi connectivity index (χ1n) is 9.16. The minimum Gasteiger partial charge on any atom is -0.353 e. The molecule has 0 bridgehead atoms. The molecule has 0 radical (unpaired) electrons. The van der Waals surface area contributed by atoms with Gasteiger partial charge in [-0.1, -0.05) is 25.3 Å². The number of halogens is 1. The molecule has 1 atom stereocenters. The number of nitrogens with one attached hydrogen (secondary N) is 2. The van der Waals surface area contributed by atoms with Crippen LogP contribution in [-0.4, -0.2) is 32.5 Å². The summed E-state index contributed by atoms with van der Waals surface area (Å²) in [5.41, 5.74) is 4.84. The third kappa shape index (κ3) is 4.42. The molecule has 2 aliphatic rings. The molecule has 1 unspecified atom stereocenters. The molecule has 0 heterocycles. The van der Waals surface area contributed by atoms with Crippen molar-refractivity contribution in [3.8, 4) is 0 Å². The molecule has 1 aromatic rings. The SMILES string of the molecule is NC(CNC(=O)C1(NS(=O)(=O)c2cccc(F)c2)CCCCC1)C1CC1. The first kappa shape index (κ1) is 19.3. The van der Waals surface area contributed by atoms with Crippen molar-refractivity contribution in [3.63, 3.8) is 0 Å². The number of amides is 1. The van der Waals surface area contributed by atoms with E-state index < -0.39 is 21.4 Å². The van der Waals surface area contributed by atoms with Crippen molar-refractivity contribution in [2.24, 2.45) is 11.7 Å². The van der Waals surface area contributed by atoms with E-state index in [1.165, 1.54) is 18.2 Å². The maximum absolute atomic E-state index is 13.4. The quantitative estimate of drug-likeness (QED) is 0.666. The Balaban J connectivity index is 1.76. The fraction of sp³-hybridized carbons (Fsp3) is 0.611. The lowest BCUT2D eigenvalue weighted by molar-refractivity contribution is -0.128. The van der Waals surface area contributed by atoms with E-state index in [0.29, 0.717) is 25.3 Å². The third-order valence-electron chi connectivity index (χ3n) is 5.30. The molecule has 3 rings (SSSR count). The maximum atomic E-state index is 13.4. The van der Waals surface area contributed by atoms with Crippen LogP contribution in [0, 0.1) is 11.7 Å². The molecule has 6 nitrogen and oxygen atoms in total. The lowest BCUT2D eigenvalue weighted by Gasteiger charge is -2.36. The summed E-state index contributed by atoms with van der Waals surface area (Å²) in [6.07, 6.45) is 5.47. The summed E-state index contributed by atoms with van der Waals surface area (Å²) in [4.78, 5) is 12.7. The van der Waals surface area contributed by atoms with Gasteiger partial charge in [-0.05, 0) is 49.8 Å². The van der Waals surface area contributed by atoms with E-state index in [1.807, 2.05) is 0 Å². The van der Waals surface area contributed by atoms with E-state index in [9.17, 15) is 17.6 Å². The number of sulfonamides is 1. The summed E-state index contributed by atoms with van der Waals surface area (Å²) < 4.78 is 41.5. The highest BCUT2D eigenvalue weighted by atomic mass is 32.2. The van der Waals surface area contributed by atoms with Gasteiger partial charge in [0.2, 0.25) is 15.9 Å². The molecule has 2 saturated carbocycles. The monoisotopic (exact) mass is 383 g/mol. The van der Waals surface area contributed by atoms with Crippen LogP contribution in [0.5, 0.6) is 0 Å². The zero-order chi connectivity index (χ0) is 18.8. The number of benzene rings is 1. The van der Waals surface area contributed by atoms with E-state index in [2.05, 4.69) is 10.0 Å². The number of carbonyl (C=O) groups excluding carboxylic acids is 1. The van der Waals surface area contributed by atoms with E-state index in [0.717, 1.165) is 38.2 Å². The van der Waals surface area contributed by atoms with Crippen LogP contribution in [-0.2, 0) is 14.8 Å². The van der Waals surface area contributed by atoms with Gasteiger partial charge < -0.3 is 11.1 Å². The lowest BCUT2D eigenvalue weighted by atomic mass is 9.82. The van der Waals surface area contributed by atoms with Crippen LogP contribution in [0.25, 0.3) is 0 Å². The van der Waals surface area contributed by atoms with Crippen molar-refractivity contribution < 1.29 is 17.6 Å². The first-order chi connectivity index (χ1) is 12.3. The Morgan fingerprint density at radius 3 is 2.58 bits per heavy atom. The van der Waals surface area contributed by atoms with E-state index >= 15 is 0 Å². The molecule has 26 heavy (non-hydrogen) atoms. The normalized spacial score (nSPS) is 21.2. The largest absolute Gasteiger partial charge is 0.353 e. The second-order valence-electron chi connectivity index (χ2n) is 7.42. The van der Waals surface area contributed by atoms with Crippen molar-refractivity contribution in [2.75, 3.05) is 6.54 Å². The van der Waals surface area contributed by atoms with Crippen LogP contribution < -0.4 is 15.8 Å². The zero-order valence-corrected chi connectivity index (χ0v) is 15.5. The summed E-state index contributed by atoms with van der Waals surface area (Å²) in [6, 6.07) is 4.70. The fourth-order valence-corrected chi connectivity index (χ4v) is 5.01. The second kappa shape index (κ2) is 7.62. The van der Waals surface area contributed by atoms with Gasteiger partial charge >= 0.3 is 0 Å². The molecular formula is C18H26FN3O3S. The Morgan fingerprint density at radius 1 is 1.27 bits per heavy atom. The third-order valence-corrected chi connectivity index (χ3v) is 6.84. The van der Waals surface area contributed by atoms with Crippen LogP contribution in [0.15, 0.2) is 29.2 Å². The minimum absolute atomic E-state index is 0.0978. The molecule has 0 spiro atoms. The Bertz CT molecular complexity index is 759. The molecule has 0 saturated heterocycles. The summed E-state index contributed by atoms with van der Waals surface area (Å²) in [6.45, 7) is 0.340. The number of hydrogen-bond acceptors (Lipinski definition) is 4. The van der Waals surface area contributed by atoms with Gasteiger partial charge in [-0.2, -0.15) is 4.72 Å². The Hall–Kier alpha value is -1.51. The molecule has 2 fully saturated rings. The Labute approximate surface area is 153 Å². The highest BCUT2D eigenvalue weighted by Gasteiger charge is 2.43. The van der Waals surface area contributed by atoms with Crippen LogP contribution in [0.2, 0.25) is 0 Å². The Kier molecular flexibility index (Phi) is 5.64. The fourth-order valence-electron chi connectivity index (χ4n) is 3.55. The maximum Gasteiger partial charge on any atom is 0.241 e. The van der Waals surface area contributed by atoms with Crippen LogP contribution in [0.3, 0.4) is 0 Å². The predicted molar refractivity (Wildman–Crippen MR) is 96.2 cm³/mol. The topological polar surface area (TPSA) is 101 Å². The van der Waals surface area contributed by atoms with Crippen molar-refractivity contribution in [3.05, 3.63) is 30.1 Å². The summed E-state index contributed by atoms with van der Waals surface area (Å²) in [5.74, 6) is -0.528. The van der Waals surface area contributed by atoms with Gasteiger partial charge in [0.25, 0.3) is 0 Å². The van der Waals surface area contributed by atoms with Gasteiger partial charge in [-0.15, -0.1) is 0 Å². The smallest absolute Gasteiger partial charge is 0.241 e. The number of carbonyl (C=O) groups is 1. The Morgan fingerprint density at radius 2 is 1.96 bits per heavy atom. The van der Waals surface area contributed by atoms with E-state index in [1.54, 1.807) is 0 Å². The first-order valence-corrected chi connectivity index (χ1v) is 10.6. The molecular weight excluding hydrogens is 357 g/mol. The number of hydrogen-bond donors (Lipinski definition) is 3. The highest BCUT2D eigenvalue weighted by molar-refractivity contribution is 7.89. The molecule has 0 aromatic heterocycles. The highest BCUT2D eigenvalue weighted by Crippen LogP contribution is 2.32. The minimum atomic E-state index is -4.01. The van der Waals surface area contributed by atoms with Crippen molar-refractivity contribution >= 4 is 15.9 Å². The van der Waals surface area contributed by atoms with Gasteiger partial charge in [-0.3, -0.25) is 4.79 Å². The van der Waals surface area contributed by atoms with Gasteiger partial charge in [0.05, 0.1) is 4.90 Å². The number of nitrogens with two attached hydrogens (primary N) is 1. The van der Waals surface area contributed by atoms with Crippen molar-refractivity contribution in [2.45, 2.75) is 61.4 Å². The number of rotatable bonds is 7. The average molecular weight is 383 g/mol. The molecule has 1 aromatic carbocycles. The molecule has 144 valence electrons.